The number of carbonyl (C=O) groups excluding carboxylic acids is 1. The standard InChI is InChI=1S/C15H22ClNO4/c1-5-17-9-11-7-12(16)14(13(8-11)19-4)21-10(3)15(18)20-6-2/h7-8,10,17H,5-6,9H2,1-4H3. The molecule has 0 aliphatic heterocycles. The number of hydrogen-bond acceptors (Lipinski definition) is 5. The molecule has 0 aliphatic rings. The molecule has 0 amide bonds. The second-order valence-corrected chi connectivity index (χ2v) is 4.81. The Balaban J connectivity index is 2.93. The van der Waals surface area contributed by atoms with Crippen molar-refractivity contribution in [2.75, 3.05) is 20.3 Å². The third-order valence-electron chi connectivity index (χ3n) is 2.78. The van der Waals surface area contributed by atoms with Gasteiger partial charge in [-0.2, -0.15) is 0 Å². The molecule has 21 heavy (non-hydrogen) atoms. The molecule has 1 rings (SSSR count). The molecule has 0 aliphatic carbocycles. The van der Waals surface area contributed by atoms with Crippen molar-refractivity contribution in [2.24, 2.45) is 0 Å². The van der Waals surface area contributed by atoms with E-state index in [1.165, 1.54) is 7.11 Å². The van der Waals surface area contributed by atoms with E-state index in [1.807, 2.05) is 13.0 Å². The van der Waals surface area contributed by atoms with Crippen LogP contribution >= 0.6 is 11.6 Å². The number of benzene rings is 1. The second kappa shape index (κ2) is 8.74. The smallest absolute Gasteiger partial charge is 0.347 e. The highest BCUT2D eigenvalue weighted by Gasteiger charge is 2.20. The predicted molar refractivity (Wildman–Crippen MR) is 82.1 cm³/mol. The molecule has 1 aromatic rings. The van der Waals surface area contributed by atoms with Gasteiger partial charge in [0.2, 0.25) is 0 Å². The molecule has 0 saturated heterocycles. The van der Waals surface area contributed by atoms with Crippen LogP contribution in [0.1, 0.15) is 26.3 Å². The van der Waals surface area contributed by atoms with E-state index in [-0.39, 0.29) is 0 Å². The highest BCUT2D eigenvalue weighted by atomic mass is 35.5. The topological polar surface area (TPSA) is 56.8 Å². The van der Waals surface area contributed by atoms with Crippen LogP contribution in [0.15, 0.2) is 12.1 Å². The summed E-state index contributed by atoms with van der Waals surface area (Å²) in [6, 6.07) is 3.63. The number of nitrogens with one attached hydrogen (secondary N) is 1. The molecule has 0 fully saturated rings. The number of rotatable bonds is 8. The largest absolute Gasteiger partial charge is 0.493 e. The van der Waals surface area contributed by atoms with Crippen molar-refractivity contribution >= 4 is 17.6 Å². The van der Waals surface area contributed by atoms with E-state index in [1.54, 1.807) is 19.9 Å². The lowest BCUT2D eigenvalue weighted by Gasteiger charge is -2.18. The second-order valence-electron chi connectivity index (χ2n) is 4.40. The van der Waals surface area contributed by atoms with Crippen molar-refractivity contribution in [2.45, 2.75) is 33.4 Å². The molecule has 0 spiro atoms. The molecule has 1 N–H and O–H groups in total. The van der Waals surface area contributed by atoms with E-state index in [2.05, 4.69) is 5.32 Å². The van der Waals surface area contributed by atoms with Crippen molar-refractivity contribution in [3.05, 3.63) is 22.7 Å². The molecule has 1 unspecified atom stereocenters. The summed E-state index contributed by atoms with van der Waals surface area (Å²) >= 11 is 6.23. The molecule has 1 atom stereocenters. The Labute approximate surface area is 130 Å². The minimum atomic E-state index is -0.754. The van der Waals surface area contributed by atoms with Crippen molar-refractivity contribution in [3.8, 4) is 11.5 Å². The highest BCUT2D eigenvalue weighted by molar-refractivity contribution is 6.32. The van der Waals surface area contributed by atoms with Crippen LogP contribution in [-0.2, 0) is 16.1 Å². The number of hydrogen-bond donors (Lipinski definition) is 1. The minimum absolute atomic E-state index is 0.305. The summed E-state index contributed by atoms with van der Waals surface area (Å²) < 4.78 is 15.8. The Hall–Kier alpha value is -1.46. The monoisotopic (exact) mass is 315 g/mol. The van der Waals surface area contributed by atoms with Gasteiger partial charge in [-0.15, -0.1) is 0 Å². The Morgan fingerprint density at radius 3 is 2.67 bits per heavy atom. The van der Waals surface area contributed by atoms with Gasteiger partial charge in [0.1, 0.15) is 0 Å². The molecule has 0 heterocycles. The number of halogens is 1. The fraction of sp³-hybridized carbons (Fsp3) is 0.533. The van der Waals surface area contributed by atoms with Gasteiger partial charge in [0.05, 0.1) is 18.7 Å². The van der Waals surface area contributed by atoms with Crippen molar-refractivity contribution in [3.63, 3.8) is 0 Å². The molecule has 0 aromatic heterocycles. The highest BCUT2D eigenvalue weighted by Crippen LogP contribution is 2.37. The van der Waals surface area contributed by atoms with Gasteiger partial charge >= 0.3 is 5.97 Å². The van der Waals surface area contributed by atoms with Gasteiger partial charge in [-0.1, -0.05) is 18.5 Å². The zero-order chi connectivity index (χ0) is 15.8. The molecule has 5 nitrogen and oxygen atoms in total. The minimum Gasteiger partial charge on any atom is -0.493 e. The summed E-state index contributed by atoms with van der Waals surface area (Å²) in [7, 11) is 1.53. The normalized spacial score (nSPS) is 11.9. The third-order valence-corrected chi connectivity index (χ3v) is 3.06. The van der Waals surface area contributed by atoms with Gasteiger partial charge in [-0.05, 0) is 38.1 Å². The van der Waals surface area contributed by atoms with Crippen molar-refractivity contribution < 1.29 is 19.0 Å². The molecule has 1 aromatic carbocycles. The molecular formula is C15H22ClNO4. The lowest BCUT2D eigenvalue weighted by Crippen LogP contribution is -2.26. The SMILES string of the molecule is CCNCc1cc(Cl)c(OC(C)C(=O)OCC)c(OC)c1. The number of carbonyl (C=O) groups is 1. The van der Waals surface area contributed by atoms with E-state index in [0.717, 1.165) is 12.1 Å². The first-order valence-electron chi connectivity index (χ1n) is 6.93. The van der Waals surface area contributed by atoms with E-state index in [0.29, 0.717) is 29.7 Å². The maximum atomic E-state index is 11.6. The zero-order valence-electron chi connectivity index (χ0n) is 12.9. The van der Waals surface area contributed by atoms with E-state index in [4.69, 9.17) is 25.8 Å². The van der Waals surface area contributed by atoms with Crippen LogP contribution in [0.5, 0.6) is 11.5 Å². The van der Waals surface area contributed by atoms with Crippen molar-refractivity contribution in [1.82, 2.24) is 5.32 Å². The average Bonchev–Trinajstić information content (AvgIpc) is 2.47. The van der Waals surface area contributed by atoms with E-state index in [9.17, 15) is 4.79 Å². The third kappa shape index (κ3) is 5.10. The molecule has 0 saturated carbocycles. The predicted octanol–water partition coefficient (Wildman–Crippen LogP) is 2.79. The number of esters is 1. The summed E-state index contributed by atoms with van der Waals surface area (Å²) in [5.74, 6) is 0.402. The average molecular weight is 316 g/mol. The maximum Gasteiger partial charge on any atom is 0.347 e. The summed E-state index contributed by atoms with van der Waals surface area (Å²) in [4.78, 5) is 11.6. The lowest BCUT2D eigenvalue weighted by molar-refractivity contribution is -0.150. The van der Waals surface area contributed by atoms with Crippen LogP contribution in [0.25, 0.3) is 0 Å². The van der Waals surface area contributed by atoms with E-state index >= 15 is 0 Å². The summed E-state index contributed by atoms with van der Waals surface area (Å²) in [6.07, 6.45) is -0.754. The molecule has 6 heteroatoms. The lowest BCUT2D eigenvalue weighted by atomic mass is 10.2. The fourth-order valence-corrected chi connectivity index (χ4v) is 2.02. The first-order chi connectivity index (χ1) is 10.0. The van der Waals surface area contributed by atoms with E-state index < -0.39 is 12.1 Å². The Morgan fingerprint density at radius 1 is 1.38 bits per heavy atom. The first-order valence-corrected chi connectivity index (χ1v) is 7.31. The van der Waals surface area contributed by atoms with Crippen LogP contribution < -0.4 is 14.8 Å². The summed E-state index contributed by atoms with van der Waals surface area (Å²) in [5.41, 5.74) is 0.981. The summed E-state index contributed by atoms with van der Waals surface area (Å²) in [5, 5.41) is 3.61. The fourth-order valence-electron chi connectivity index (χ4n) is 1.74. The van der Waals surface area contributed by atoms with Gasteiger partial charge in [0.25, 0.3) is 0 Å². The Morgan fingerprint density at radius 2 is 2.10 bits per heavy atom. The van der Waals surface area contributed by atoms with Crippen LogP contribution in [0.3, 0.4) is 0 Å². The molecular weight excluding hydrogens is 294 g/mol. The van der Waals surface area contributed by atoms with Gasteiger partial charge < -0.3 is 19.5 Å². The van der Waals surface area contributed by atoms with Crippen LogP contribution in [0.4, 0.5) is 0 Å². The van der Waals surface area contributed by atoms with Crippen LogP contribution in [-0.4, -0.2) is 32.3 Å². The quantitative estimate of drug-likeness (QED) is 0.748. The Bertz CT molecular complexity index is 479. The number of ether oxygens (including phenoxy) is 3. The maximum absolute atomic E-state index is 11.6. The van der Waals surface area contributed by atoms with Crippen LogP contribution in [0, 0.1) is 0 Å². The first kappa shape index (κ1) is 17.6. The van der Waals surface area contributed by atoms with Crippen molar-refractivity contribution in [1.29, 1.82) is 0 Å². The molecule has 118 valence electrons. The van der Waals surface area contributed by atoms with Gasteiger partial charge in [-0.3, -0.25) is 0 Å². The van der Waals surface area contributed by atoms with Crippen LogP contribution in [0.2, 0.25) is 5.02 Å². The summed E-state index contributed by atoms with van der Waals surface area (Å²) in [6.45, 7) is 7.22. The Kier molecular flexibility index (Phi) is 7.32. The van der Waals surface area contributed by atoms with Gasteiger partial charge in [0.15, 0.2) is 17.6 Å². The number of methoxy groups -OCH3 is 1. The molecule has 0 radical (unpaired) electrons. The van der Waals surface area contributed by atoms with Gasteiger partial charge in [0, 0.05) is 6.54 Å². The molecule has 0 bridgehead atoms. The zero-order valence-corrected chi connectivity index (χ0v) is 13.6. The van der Waals surface area contributed by atoms with Gasteiger partial charge in [-0.25, -0.2) is 4.79 Å².